The van der Waals surface area contributed by atoms with Crippen LogP contribution in [0.25, 0.3) is 0 Å². The molecule has 1 aromatic carbocycles. The van der Waals surface area contributed by atoms with Gasteiger partial charge in [-0.1, -0.05) is 12.1 Å². The molecule has 1 saturated heterocycles. The minimum Gasteiger partial charge on any atom is -0.357 e. The molecule has 0 saturated carbocycles. The summed E-state index contributed by atoms with van der Waals surface area (Å²) < 4.78 is 13.7. The standard InChI is InChI=1S/C17H24FN5O2.HI/c1-4-19-16(20-7-8-23-15(24)10-21-17(23)25)22-12(3)13-6-5-11(2)14(18)9-13;/h5-6,9,12H,4,7-8,10H2,1-3H3,(H,21,25)(H2,19,20,22);1H. The number of rotatable bonds is 6. The lowest BCUT2D eigenvalue weighted by Gasteiger charge is -2.19. The molecule has 0 radical (unpaired) electrons. The predicted molar refractivity (Wildman–Crippen MR) is 109 cm³/mol. The lowest BCUT2D eigenvalue weighted by Crippen LogP contribution is -2.40. The number of benzene rings is 1. The molecular formula is C17H25FIN5O2. The highest BCUT2D eigenvalue weighted by Gasteiger charge is 2.27. The molecule has 3 N–H and O–H groups in total. The van der Waals surface area contributed by atoms with Crippen molar-refractivity contribution in [2.75, 3.05) is 26.2 Å². The fourth-order valence-electron chi connectivity index (χ4n) is 2.43. The summed E-state index contributed by atoms with van der Waals surface area (Å²) in [6, 6.07) is 4.58. The van der Waals surface area contributed by atoms with Crippen LogP contribution >= 0.6 is 24.0 Å². The summed E-state index contributed by atoms with van der Waals surface area (Å²) in [5.41, 5.74) is 1.41. The van der Waals surface area contributed by atoms with Crippen molar-refractivity contribution in [3.8, 4) is 0 Å². The molecule has 2 rings (SSSR count). The molecule has 1 unspecified atom stereocenters. The first-order valence-corrected chi connectivity index (χ1v) is 8.31. The van der Waals surface area contributed by atoms with Gasteiger partial charge < -0.3 is 16.0 Å². The second-order valence-electron chi connectivity index (χ2n) is 5.84. The third-order valence-electron chi connectivity index (χ3n) is 3.92. The molecule has 1 atom stereocenters. The van der Waals surface area contributed by atoms with E-state index in [-0.39, 0.29) is 67.4 Å². The number of imide groups is 1. The molecule has 0 spiro atoms. The van der Waals surface area contributed by atoms with Crippen LogP contribution in [0.4, 0.5) is 9.18 Å². The van der Waals surface area contributed by atoms with Crippen molar-refractivity contribution in [1.29, 1.82) is 0 Å². The number of amides is 3. The Labute approximate surface area is 169 Å². The molecule has 3 amide bonds. The van der Waals surface area contributed by atoms with Gasteiger partial charge in [0.1, 0.15) is 5.82 Å². The summed E-state index contributed by atoms with van der Waals surface area (Å²) in [6.07, 6.45) is 0. The molecule has 144 valence electrons. The number of aliphatic imine (C=N–C) groups is 1. The number of hydrogen-bond donors (Lipinski definition) is 3. The maximum atomic E-state index is 13.7. The van der Waals surface area contributed by atoms with Crippen molar-refractivity contribution in [3.63, 3.8) is 0 Å². The highest BCUT2D eigenvalue weighted by atomic mass is 127. The van der Waals surface area contributed by atoms with E-state index in [9.17, 15) is 14.0 Å². The first-order chi connectivity index (χ1) is 11.9. The van der Waals surface area contributed by atoms with Gasteiger partial charge in [0.25, 0.3) is 0 Å². The fraction of sp³-hybridized carbons (Fsp3) is 0.471. The largest absolute Gasteiger partial charge is 0.357 e. The van der Waals surface area contributed by atoms with E-state index in [2.05, 4.69) is 20.9 Å². The fourth-order valence-corrected chi connectivity index (χ4v) is 2.43. The van der Waals surface area contributed by atoms with E-state index in [0.29, 0.717) is 18.1 Å². The Morgan fingerprint density at radius 2 is 2.15 bits per heavy atom. The molecule has 7 nitrogen and oxygen atoms in total. The first kappa shape index (κ1) is 22.1. The normalized spacial score (nSPS) is 15.4. The van der Waals surface area contributed by atoms with E-state index >= 15 is 0 Å². The van der Waals surface area contributed by atoms with Gasteiger partial charge in [0.15, 0.2) is 5.96 Å². The van der Waals surface area contributed by atoms with E-state index in [1.54, 1.807) is 13.0 Å². The number of nitrogens with zero attached hydrogens (tertiary/aromatic N) is 2. The third-order valence-corrected chi connectivity index (χ3v) is 3.92. The van der Waals surface area contributed by atoms with Crippen molar-refractivity contribution < 1.29 is 14.0 Å². The minimum atomic E-state index is -0.387. The molecule has 1 aliphatic rings. The van der Waals surface area contributed by atoms with Crippen molar-refractivity contribution >= 4 is 41.9 Å². The van der Waals surface area contributed by atoms with Crippen molar-refractivity contribution in [2.24, 2.45) is 4.99 Å². The predicted octanol–water partition coefficient (Wildman–Crippen LogP) is 1.92. The van der Waals surface area contributed by atoms with Gasteiger partial charge in [-0.3, -0.25) is 14.7 Å². The zero-order valence-corrected chi connectivity index (χ0v) is 17.5. The second-order valence-corrected chi connectivity index (χ2v) is 5.84. The molecule has 9 heteroatoms. The summed E-state index contributed by atoms with van der Waals surface area (Å²) in [6.45, 7) is 6.76. The number of carbonyl (C=O) groups excluding carboxylic acids is 2. The lowest BCUT2D eigenvalue weighted by molar-refractivity contribution is -0.124. The van der Waals surface area contributed by atoms with Crippen LogP contribution in [0.3, 0.4) is 0 Å². The van der Waals surface area contributed by atoms with E-state index in [1.807, 2.05) is 19.9 Å². The van der Waals surface area contributed by atoms with Crippen LogP contribution in [-0.2, 0) is 4.79 Å². The van der Waals surface area contributed by atoms with Gasteiger partial charge in [0, 0.05) is 6.54 Å². The maximum Gasteiger partial charge on any atom is 0.324 e. The summed E-state index contributed by atoms with van der Waals surface area (Å²) in [5.74, 6) is 0.0522. The summed E-state index contributed by atoms with van der Waals surface area (Å²) in [4.78, 5) is 28.5. The van der Waals surface area contributed by atoms with Gasteiger partial charge in [-0.15, -0.1) is 24.0 Å². The van der Waals surface area contributed by atoms with E-state index in [1.165, 1.54) is 6.07 Å². The smallest absolute Gasteiger partial charge is 0.324 e. The monoisotopic (exact) mass is 477 g/mol. The highest BCUT2D eigenvalue weighted by molar-refractivity contribution is 14.0. The summed E-state index contributed by atoms with van der Waals surface area (Å²) in [7, 11) is 0. The van der Waals surface area contributed by atoms with E-state index < -0.39 is 0 Å². The zero-order valence-electron chi connectivity index (χ0n) is 15.1. The Hall–Kier alpha value is -1.91. The maximum absolute atomic E-state index is 13.7. The lowest BCUT2D eigenvalue weighted by atomic mass is 10.1. The molecule has 1 fully saturated rings. The van der Waals surface area contributed by atoms with Crippen LogP contribution in [0.5, 0.6) is 0 Å². The Morgan fingerprint density at radius 1 is 1.42 bits per heavy atom. The van der Waals surface area contributed by atoms with Gasteiger partial charge in [-0.25, -0.2) is 9.18 Å². The quantitative estimate of drug-likeness (QED) is 0.253. The number of carbonyl (C=O) groups is 2. The molecule has 1 heterocycles. The highest BCUT2D eigenvalue weighted by Crippen LogP contribution is 2.16. The Kier molecular flexibility index (Phi) is 8.76. The molecule has 0 aliphatic carbocycles. The Bertz CT molecular complexity index is 667. The van der Waals surface area contributed by atoms with Gasteiger partial charge in [-0.2, -0.15) is 0 Å². The molecule has 0 aromatic heterocycles. The number of hydrogen-bond acceptors (Lipinski definition) is 3. The molecule has 26 heavy (non-hydrogen) atoms. The van der Waals surface area contributed by atoms with Gasteiger partial charge in [0.2, 0.25) is 5.91 Å². The number of guanidine groups is 1. The Balaban J connectivity index is 0.00000338. The topological polar surface area (TPSA) is 85.8 Å². The number of nitrogens with one attached hydrogen (secondary N) is 3. The molecule has 1 aromatic rings. The van der Waals surface area contributed by atoms with Crippen LogP contribution in [0.2, 0.25) is 0 Å². The van der Waals surface area contributed by atoms with Crippen LogP contribution in [0, 0.1) is 12.7 Å². The Morgan fingerprint density at radius 3 is 2.73 bits per heavy atom. The number of aryl methyl sites for hydroxylation is 1. The molecule has 1 aliphatic heterocycles. The summed E-state index contributed by atoms with van der Waals surface area (Å²) >= 11 is 0. The van der Waals surface area contributed by atoms with Gasteiger partial charge in [0.05, 0.1) is 25.7 Å². The van der Waals surface area contributed by atoms with E-state index in [4.69, 9.17) is 0 Å². The van der Waals surface area contributed by atoms with Crippen LogP contribution in [-0.4, -0.2) is 49.0 Å². The average molecular weight is 477 g/mol. The number of halogens is 2. The summed E-state index contributed by atoms with van der Waals surface area (Å²) in [5, 5.41) is 8.76. The van der Waals surface area contributed by atoms with Crippen LogP contribution in [0.1, 0.15) is 31.0 Å². The third kappa shape index (κ3) is 5.82. The van der Waals surface area contributed by atoms with Crippen LogP contribution in [0.15, 0.2) is 23.2 Å². The van der Waals surface area contributed by atoms with Gasteiger partial charge in [-0.05, 0) is 38.0 Å². The minimum absolute atomic E-state index is 0. The number of urea groups is 1. The molecule has 0 bridgehead atoms. The van der Waals surface area contributed by atoms with Crippen molar-refractivity contribution in [2.45, 2.75) is 26.8 Å². The van der Waals surface area contributed by atoms with Gasteiger partial charge >= 0.3 is 6.03 Å². The first-order valence-electron chi connectivity index (χ1n) is 8.31. The van der Waals surface area contributed by atoms with Crippen molar-refractivity contribution in [1.82, 2.24) is 20.9 Å². The van der Waals surface area contributed by atoms with Crippen molar-refractivity contribution in [3.05, 3.63) is 35.1 Å². The second kappa shape index (κ2) is 10.3. The average Bonchev–Trinajstić information content (AvgIpc) is 2.89. The van der Waals surface area contributed by atoms with Crippen LogP contribution < -0.4 is 16.0 Å². The zero-order chi connectivity index (χ0) is 18.4. The molecular weight excluding hydrogens is 452 g/mol. The van der Waals surface area contributed by atoms with E-state index in [0.717, 1.165) is 10.5 Å². The SMILES string of the molecule is CCNC(=NCCN1C(=O)CNC1=O)NC(C)c1ccc(C)c(F)c1.I.